The molecule has 0 spiro atoms. The molecule has 1 aromatic carbocycles. The molecule has 0 amide bonds. The summed E-state index contributed by atoms with van der Waals surface area (Å²) in [5.41, 5.74) is 0.575. The van der Waals surface area contributed by atoms with Crippen molar-refractivity contribution in [2.45, 2.75) is 30.6 Å². The van der Waals surface area contributed by atoms with E-state index in [1.807, 2.05) is 18.2 Å². The molecule has 0 aliphatic carbocycles. The highest BCUT2D eigenvalue weighted by Crippen LogP contribution is 2.24. The number of benzene rings is 1. The summed E-state index contributed by atoms with van der Waals surface area (Å²) >= 11 is 3.47. The zero-order valence-electron chi connectivity index (χ0n) is 11.8. The molecular weight excluding hydrogens is 419 g/mol. The van der Waals surface area contributed by atoms with E-state index in [0.29, 0.717) is 22.5 Å². The van der Waals surface area contributed by atoms with Crippen molar-refractivity contribution in [1.82, 2.24) is 5.32 Å². The average molecular weight is 436 g/mol. The molecule has 2 N–H and O–H groups in total. The Bertz CT molecular complexity index is 694. The van der Waals surface area contributed by atoms with Crippen LogP contribution in [0, 0.1) is 3.57 Å². The van der Waals surface area contributed by atoms with E-state index in [0.717, 1.165) is 8.45 Å². The fourth-order valence-corrected chi connectivity index (χ4v) is 4.35. The van der Waals surface area contributed by atoms with Crippen LogP contribution < -0.4 is 10.0 Å². The van der Waals surface area contributed by atoms with E-state index in [-0.39, 0.29) is 0 Å². The molecule has 0 aliphatic heterocycles. The molecule has 0 bridgehead atoms. The number of halogens is 1. The summed E-state index contributed by atoms with van der Waals surface area (Å²) in [6.45, 7) is 4.80. The van der Waals surface area contributed by atoms with E-state index in [4.69, 9.17) is 0 Å². The average Bonchev–Trinajstić information content (AvgIpc) is 2.88. The lowest BCUT2D eigenvalue weighted by Gasteiger charge is -2.07. The van der Waals surface area contributed by atoms with E-state index in [9.17, 15) is 8.42 Å². The summed E-state index contributed by atoms with van der Waals surface area (Å²) in [4.78, 5) is 1.01. The normalized spacial score (nSPS) is 11.8. The molecule has 0 atom stereocenters. The van der Waals surface area contributed by atoms with Crippen LogP contribution in [-0.2, 0) is 16.6 Å². The fourth-order valence-electron chi connectivity index (χ4n) is 1.63. The highest BCUT2D eigenvalue weighted by atomic mass is 127. The van der Waals surface area contributed by atoms with E-state index in [1.165, 1.54) is 11.3 Å². The van der Waals surface area contributed by atoms with Gasteiger partial charge in [-0.3, -0.25) is 4.72 Å². The Morgan fingerprint density at radius 2 is 1.81 bits per heavy atom. The lowest BCUT2D eigenvalue weighted by Crippen LogP contribution is -2.21. The molecule has 0 saturated carbocycles. The number of thiophene rings is 1. The molecule has 114 valence electrons. The second-order valence-corrected chi connectivity index (χ2v) is 9.19. The monoisotopic (exact) mass is 436 g/mol. The SMILES string of the molecule is CC(C)NCc1ccc(S(=O)(=O)Nc2ccc(I)cc2)s1. The van der Waals surface area contributed by atoms with Gasteiger partial charge in [0.05, 0.1) is 0 Å². The molecule has 0 aliphatic rings. The molecule has 2 rings (SSSR count). The van der Waals surface area contributed by atoms with Gasteiger partial charge in [-0.1, -0.05) is 13.8 Å². The first-order valence-electron chi connectivity index (χ1n) is 6.47. The zero-order chi connectivity index (χ0) is 15.5. The van der Waals surface area contributed by atoms with Crippen molar-refractivity contribution in [3.8, 4) is 0 Å². The number of nitrogens with one attached hydrogen (secondary N) is 2. The minimum absolute atomic E-state index is 0.335. The van der Waals surface area contributed by atoms with Gasteiger partial charge in [-0.25, -0.2) is 8.42 Å². The van der Waals surface area contributed by atoms with Crippen molar-refractivity contribution in [1.29, 1.82) is 0 Å². The molecule has 0 radical (unpaired) electrons. The van der Waals surface area contributed by atoms with Crippen LogP contribution in [0.2, 0.25) is 0 Å². The third-order valence-electron chi connectivity index (χ3n) is 2.68. The van der Waals surface area contributed by atoms with Gasteiger partial charge in [0.2, 0.25) is 0 Å². The molecule has 1 aromatic heterocycles. The van der Waals surface area contributed by atoms with Crippen molar-refractivity contribution < 1.29 is 8.42 Å². The van der Waals surface area contributed by atoms with Crippen LogP contribution in [0.3, 0.4) is 0 Å². The Morgan fingerprint density at radius 3 is 2.43 bits per heavy atom. The van der Waals surface area contributed by atoms with Gasteiger partial charge in [-0.2, -0.15) is 0 Å². The van der Waals surface area contributed by atoms with Gasteiger partial charge in [0.15, 0.2) is 0 Å². The Kier molecular flexibility index (Phi) is 5.64. The maximum absolute atomic E-state index is 12.3. The topological polar surface area (TPSA) is 58.2 Å². The number of rotatable bonds is 6. The van der Waals surface area contributed by atoms with Crippen LogP contribution >= 0.6 is 33.9 Å². The lowest BCUT2D eigenvalue weighted by atomic mass is 10.3. The van der Waals surface area contributed by atoms with Crippen molar-refractivity contribution in [2.24, 2.45) is 0 Å². The summed E-state index contributed by atoms with van der Waals surface area (Å²) in [6.07, 6.45) is 0. The highest BCUT2D eigenvalue weighted by Gasteiger charge is 2.17. The van der Waals surface area contributed by atoms with Crippen LogP contribution in [0.15, 0.2) is 40.6 Å². The molecule has 0 unspecified atom stereocenters. The zero-order valence-corrected chi connectivity index (χ0v) is 15.6. The van der Waals surface area contributed by atoms with Gasteiger partial charge in [-0.05, 0) is 59.0 Å². The van der Waals surface area contributed by atoms with Crippen LogP contribution in [0.25, 0.3) is 0 Å². The van der Waals surface area contributed by atoms with E-state index in [1.54, 1.807) is 18.2 Å². The molecule has 0 saturated heterocycles. The Hall–Kier alpha value is -0.640. The largest absolute Gasteiger partial charge is 0.310 e. The first-order chi connectivity index (χ1) is 9.87. The molecule has 2 aromatic rings. The van der Waals surface area contributed by atoms with Gasteiger partial charge >= 0.3 is 0 Å². The van der Waals surface area contributed by atoms with Crippen LogP contribution in [-0.4, -0.2) is 14.5 Å². The summed E-state index contributed by atoms with van der Waals surface area (Å²) in [5.74, 6) is 0. The standard InChI is InChI=1S/C14H17IN2O2S2/c1-10(2)16-9-13-7-8-14(20-13)21(18,19)17-12-5-3-11(15)4-6-12/h3-8,10,16-17H,9H2,1-2H3. The minimum Gasteiger partial charge on any atom is -0.310 e. The summed E-state index contributed by atoms with van der Waals surface area (Å²) < 4.78 is 28.6. The third-order valence-corrected chi connectivity index (χ3v) is 6.36. The second kappa shape index (κ2) is 7.08. The number of anilines is 1. The van der Waals surface area contributed by atoms with Gasteiger partial charge < -0.3 is 5.32 Å². The number of sulfonamides is 1. The van der Waals surface area contributed by atoms with Crippen LogP contribution in [0.1, 0.15) is 18.7 Å². The molecule has 4 nitrogen and oxygen atoms in total. The Labute approximate surface area is 143 Å². The van der Waals surface area contributed by atoms with Crippen molar-refractivity contribution in [2.75, 3.05) is 4.72 Å². The smallest absolute Gasteiger partial charge is 0.271 e. The number of hydrogen-bond donors (Lipinski definition) is 2. The molecule has 0 fully saturated rings. The first-order valence-corrected chi connectivity index (χ1v) is 9.85. The van der Waals surface area contributed by atoms with Crippen LogP contribution in [0.4, 0.5) is 5.69 Å². The lowest BCUT2D eigenvalue weighted by molar-refractivity contribution is 0.593. The summed E-state index contributed by atoms with van der Waals surface area (Å²) in [7, 11) is -3.51. The van der Waals surface area contributed by atoms with Gasteiger partial charge in [0.1, 0.15) is 4.21 Å². The van der Waals surface area contributed by atoms with Crippen molar-refractivity contribution in [3.05, 3.63) is 44.8 Å². The van der Waals surface area contributed by atoms with E-state index in [2.05, 4.69) is 46.5 Å². The first kappa shape index (κ1) is 16.7. The van der Waals surface area contributed by atoms with Crippen molar-refractivity contribution in [3.63, 3.8) is 0 Å². The minimum atomic E-state index is -3.51. The predicted octanol–water partition coefficient (Wildman–Crippen LogP) is 3.65. The van der Waals surface area contributed by atoms with Gasteiger partial charge in [0, 0.05) is 26.7 Å². The molecule has 21 heavy (non-hydrogen) atoms. The second-order valence-electron chi connectivity index (χ2n) is 4.87. The quantitative estimate of drug-likeness (QED) is 0.680. The molecule has 1 heterocycles. The maximum atomic E-state index is 12.3. The van der Waals surface area contributed by atoms with Gasteiger partial charge in [0.25, 0.3) is 10.0 Å². The summed E-state index contributed by atoms with van der Waals surface area (Å²) in [5, 5.41) is 3.28. The van der Waals surface area contributed by atoms with Crippen molar-refractivity contribution >= 4 is 49.6 Å². The van der Waals surface area contributed by atoms with Crippen LogP contribution in [0.5, 0.6) is 0 Å². The van der Waals surface area contributed by atoms with Gasteiger partial charge in [-0.15, -0.1) is 11.3 Å². The summed E-state index contributed by atoms with van der Waals surface area (Å²) in [6, 6.07) is 11.1. The van der Waals surface area contributed by atoms with E-state index >= 15 is 0 Å². The Balaban J connectivity index is 2.10. The predicted molar refractivity (Wildman–Crippen MR) is 96.3 cm³/mol. The highest BCUT2D eigenvalue weighted by molar-refractivity contribution is 14.1. The molecule has 7 heteroatoms. The third kappa shape index (κ3) is 4.94. The fraction of sp³-hybridized carbons (Fsp3) is 0.286. The molecular formula is C14H17IN2O2S2. The van der Waals surface area contributed by atoms with E-state index < -0.39 is 10.0 Å². The Morgan fingerprint density at radius 1 is 1.14 bits per heavy atom. The maximum Gasteiger partial charge on any atom is 0.271 e. The number of hydrogen-bond acceptors (Lipinski definition) is 4.